The quantitative estimate of drug-likeness (QED) is 0.787. The molecule has 17 heavy (non-hydrogen) atoms. The van der Waals surface area contributed by atoms with E-state index in [-0.39, 0.29) is 11.8 Å². The van der Waals surface area contributed by atoms with Gasteiger partial charge in [-0.3, -0.25) is 9.59 Å². The zero-order chi connectivity index (χ0) is 12.4. The van der Waals surface area contributed by atoms with Gasteiger partial charge in [-0.2, -0.15) is 0 Å². The van der Waals surface area contributed by atoms with Crippen LogP contribution in [0, 0.1) is 0 Å². The summed E-state index contributed by atoms with van der Waals surface area (Å²) in [5.74, 6) is 0.255. The number of nitrogens with zero attached hydrogens (tertiary/aromatic N) is 2. The standard InChI is InChI=1S/C11H13BrN2O3/c1-8(15)13-4-6-14(7-5-13)11(16)9-2-3-10(12)17-9/h2-3H,4-7H2,1H3. The van der Waals surface area contributed by atoms with Gasteiger partial charge in [0.2, 0.25) is 5.91 Å². The highest BCUT2D eigenvalue weighted by atomic mass is 79.9. The van der Waals surface area contributed by atoms with Gasteiger partial charge in [-0.25, -0.2) is 0 Å². The fourth-order valence-electron chi connectivity index (χ4n) is 1.81. The Bertz CT molecular complexity index is 436. The van der Waals surface area contributed by atoms with Crippen LogP contribution in [0.2, 0.25) is 0 Å². The number of hydrogen-bond donors (Lipinski definition) is 0. The molecule has 1 fully saturated rings. The molecule has 0 saturated carbocycles. The fourth-order valence-corrected chi connectivity index (χ4v) is 2.12. The predicted octanol–water partition coefficient (Wildman–Crippen LogP) is 1.35. The second-order valence-corrected chi connectivity index (χ2v) is 4.68. The number of piperazine rings is 1. The van der Waals surface area contributed by atoms with Gasteiger partial charge < -0.3 is 14.2 Å². The molecule has 1 aliphatic rings. The third kappa shape index (κ3) is 2.69. The van der Waals surface area contributed by atoms with E-state index in [9.17, 15) is 9.59 Å². The van der Waals surface area contributed by atoms with Crippen molar-refractivity contribution < 1.29 is 14.0 Å². The van der Waals surface area contributed by atoms with Gasteiger partial charge >= 0.3 is 0 Å². The number of rotatable bonds is 1. The summed E-state index contributed by atoms with van der Waals surface area (Å²) in [6.45, 7) is 3.82. The van der Waals surface area contributed by atoms with Crippen molar-refractivity contribution in [1.29, 1.82) is 0 Å². The van der Waals surface area contributed by atoms with E-state index in [1.807, 2.05) is 0 Å². The minimum Gasteiger partial charge on any atom is -0.444 e. The summed E-state index contributed by atoms with van der Waals surface area (Å²) in [5, 5.41) is 0. The van der Waals surface area contributed by atoms with Crippen molar-refractivity contribution in [1.82, 2.24) is 9.80 Å². The van der Waals surface area contributed by atoms with E-state index in [4.69, 9.17) is 4.42 Å². The lowest BCUT2D eigenvalue weighted by molar-refractivity contribution is -0.130. The third-order valence-corrected chi connectivity index (χ3v) is 3.22. The van der Waals surface area contributed by atoms with Gasteiger partial charge in [0, 0.05) is 33.1 Å². The summed E-state index contributed by atoms with van der Waals surface area (Å²) >= 11 is 3.16. The third-order valence-electron chi connectivity index (χ3n) is 2.80. The summed E-state index contributed by atoms with van der Waals surface area (Å²) in [6.07, 6.45) is 0. The van der Waals surface area contributed by atoms with Crippen molar-refractivity contribution in [2.75, 3.05) is 26.2 Å². The largest absolute Gasteiger partial charge is 0.444 e. The maximum absolute atomic E-state index is 12.0. The fraction of sp³-hybridized carbons (Fsp3) is 0.455. The molecule has 1 aromatic heterocycles. The van der Waals surface area contributed by atoms with E-state index in [2.05, 4.69) is 15.9 Å². The van der Waals surface area contributed by atoms with E-state index in [1.54, 1.807) is 28.9 Å². The summed E-state index contributed by atoms with van der Waals surface area (Å²) in [4.78, 5) is 26.6. The molecule has 0 bridgehead atoms. The Morgan fingerprint density at radius 3 is 2.24 bits per heavy atom. The van der Waals surface area contributed by atoms with Gasteiger partial charge in [-0.05, 0) is 28.1 Å². The number of halogens is 1. The first-order chi connectivity index (χ1) is 8.08. The first kappa shape index (κ1) is 12.2. The van der Waals surface area contributed by atoms with Gasteiger partial charge in [0.15, 0.2) is 10.4 Å². The molecule has 0 aliphatic carbocycles. The molecule has 1 saturated heterocycles. The lowest BCUT2D eigenvalue weighted by Gasteiger charge is -2.33. The topological polar surface area (TPSA) is 53.8 Å². The smallest absolute Gasteiger partial charge is 0.289 e. The van der Waals surface area contributed by atoms with E-state index < -0.39 is 0 Å². The number of furan rings is 1. The first-order valence-corrected chi connectivity index (χ1v) is 6.17. The van der Waals surface area contributed by atoms with Crippen LogP contribution in [-0.4, -0.2) is 47.8 Å². The summed E-state index contributed by atoms with van der Waals surface area (Å²) in [6, 6.07) is 3.34. The lowest BCUT2D eigenvalue weighted by Crippen LogP contribution is -2.50. The average molecular weight is 301 g/mol. The molecule has 5 nitrogen and oxygen atoms in total. The minimum atomic E-state index is -0.126. The predicted molar refractivity (Wildman–Crippen MR) is 64.6 cm³/mol. The highest BCUT2D eigenvalue weighted by molar-refractivity contribution is 9.10. The molecule has 2 heterocycles. The Hall–Kier alpha value is -1.30. The van der Waals surface area contributed by atoms with E-state index in [0.29, 0.717) is 36.6 Å². The Morgan fingerprint density at radius 1 is 1.18 bits per heavy atom. The maximum Gasteiger partial charge on any atom is 0.289 e. The van der Waals surface area contributed by atoms with Crippen molar-refractivity contribution >= 4 is 27.7 Å². The SMILES string of the molecule is CC(=O)N1CCN(C(=O)c2ccc(Br)o2)CC1. The van der Waals surface area contributed by atoms with Crippen LogP contribution in [0.4, 0.5) is 0 Å². The lowest BCUT2D eigenvalue weighted by atomic mass is 10.3. The molecule has 0 N–H and O–H groups in total. The number of carbonyl (C=O) groups is 2. The van der Waals surface area contributed by atoms with Crippen molar-refractivity contribution in [3.05, 3.63) is 22.6 Å². The summed E-state index contributed by atoms with van der Waals surface area (Å²) in [5.41, 5.74) is 0. The van der Waals surface area contributed by atoms with E-state index in [0.717, 1.165) is 0 Å². The number of amides is 2. The van der Waals surface area contributed by atoms with Crippen molar-refractivity contribution in [3.63, 3.8) is 0 Å². The van der Waals surface area contributed by atoms with Crippen LogP contribution in [0.25, 0.3) is 0 Å². The Balaban J connectivity index is 1.97. The molecular formula is C11H13BrN2O3. The molecule has 0 radical (unpaired) electrons. The second-order valence-electron chi connectivity index (χ2n) is 3.90. The van der Waals surface area contributed by atoms with Crippen molar-refractivity contribution in [3.8, 4) is 0 Å². The zero-order valence-electron chi connectivity index (χ0n) is 9.48. The number of carbonyl (C=O) groups excluding carboxylic acids is 2. The molecule has 0 atom stereocenters. The molecule has 0 unspecified atom stereocenters. The highest BCUT2D eigenvalue weighted by Crippen LogP contribution is 2.16. The van der Waals surface area contributed by atoms with Gasteiger partial charge in [0.05, 0.1) is 0 Å². The van der Waals surface area contributed by atoms with Crippen LogP contribution in [0.3, 0.4) is 0 Å². The van der Waals surface area contributed by atoms with Crippen LogP contribution >= 0.6 is 15.9 Å². The zero-order valence-corrected chi connectivity index (χ0v) is 11.1. The maximum atomic E-state index is 12.0. The van der Waals surface area contributed by atoms with Crippen LogP contribution < -0.4 is 0 Å². The molecule has 1 aromatic rings. The first-order valence-electron chi connectivity index (χ1n) is 5.38. The molecule has 0 spiro atoms. The van der Waals surface area contributed by atoms with Crippen LogP contribution in [0.15, 0.2) is 21.2 Å². The Morgan fingerprint density at radius 2 is 1.76 bits per heavy atom. The molecule has 2 rings (SSSR count). The molecule has 92 valence electrons. The van der Waals surface area contributed by atoms with Crippen molar-refractivity contribution in [2.45, 2.75) is 6.92 Å². The van der Waals surface area contributed by atoms with Gasteiger partial charge in [-0.1, -0.05) is 0 Å². The summed E-state index contributed by atoms with van der Waals surface area (Å²) in [7, 11) is 0. The van der Waals surface area contributed by atoms with E-state index >= 15 is 0 Å². The molecular weight excluding hydrogens is 288 g/mol. The minimum absolute atomic E-state index is 0.0536. The molecule has 2 amide bonds. The highest BCUT2D eigenvalue weighted by Gasteiger charge is 2.24. The molecule has 1 aliphatic heterocycles. The van der Waals surface area contributed by atoms with Crippen molar-refractivity contribution in [2.24, 2.45) is 0 Å². The van der Waals surface area contributed by atoms with Crippen LogP contribution in [0.1, 0.15) is 17.5 Å². The monoisotopic (exact) mass is 300 g/mol. The van der Waals surface area contributed by atoms with Crippen LogP contribution in [-0.2, 0) is 4.79 Å². The van der Waals surface area contributed by atoms with Gasteiger partial charge in [-0.15, -0.1) is 0 Å². The Kier molecular flexibility index (Phi) is 3.51. The Labute approximate surface area is 107 Å². The van der Waals surface area contributed by atoms with Gasteiger partial charge in [0.1, 0.15) is 0 Å². The summed E-state index contributed by atoms with van der Waals surface area (Å²) < 4.78 is 5.76. The molecule has 0 aromatic carbocycles. The van der Waals surface area contributed by atoms with Gasteiger partial charge in [0.25, 0.3) is 5.91 Å². The molecule has 6 heteroatoms. The van der Waals surface area contributed by atoms with E-state index in [1.165, 1.54) is 0 Å². The second kappa shape index (κ2) is 4.91. The normalized spacial score (nSPS) is 16.1. The average Bonchev–Trinajstić information content (AvgIpc) is 2.75. The number of hydrogen-bond acceptors (Lipinski definition) is 3. The van der Waals surface area contributed by atoms with Crippen LogP contribution in [0.5, 0.6) is 0 Å².